The molecule has 0 unspecified atom stereocenters. The highest BCUT2D eigenvalue weighted by atomic mass is 16.1. The molecule has 0 spiro atoms. The van der Waals surface area contributed by atoms with Crippen LogP contribution < -0.4 is 0 Å². The van der Waals surface area contributed by atoms with E-state index in [0.717, 1.165) is 50.0 Å². The van der Waals surface area contributed by atoms with E-state index in [9.17, 15) is 4.79 Å². The van der Waals surface area contributed by atoms with Crippen LogP contribution in [0.5, 0.6) is 0 Å². The van der Waals surface area contributed by atoms with Crippen molar-refractivity contribution < 1.29 is 4.79 Å². The van der Waals surface area contributed by atoms with Gasteiger partial charge in [0.25, 0.3) is 0 Å². The highest BCUT2D eigenvalue weighted by Crippen LogP contribution is 2.23. The summed E-state index contributed by atoms with van der Waals surface area (Å²) in [6.07, 6.45) is 3.37. The number of piperazine rings is 1. The van der Waals surface area contributed by atoms with Gasteiger partial charge in [-0.3, -0.25) is 14.6 Å². The number of rotatable bonds is 12. The molecule has 5 heteroatoms. The molecule has 4 rings (SSSR count). The fourth-order valence-electron chi connectivity index (χ4n) is 6.18. The molecule has 1 aliphatic heterocycles. The van der Waals surface area contributed by atoms with Crippen LogP contribution in [0.3, 0.4) is 0 Å². The van der Waals surface area contributed by atoms with Crippen molar-refractivity contribution in [2.24, 2.45) is 0 Å². The normalized spacial score (nSPS) is 19.5. The van der Waals surface area contributed by atoms with E-state index >= 15 is 0 Å². The summed E-state index contributed by atoms with van der Waals surface area (Å²) in [5.41, 5.74) is 4.98. The molecule has 0 radical (unpaired) electrons. The van der Waals surface area contributed by atoms with Gasteiger partial charge in [-0.1, -0.05) is 60.2 Å². The van der Waals surface area contributed by atoms with E-state index in [4.69, 9.17) is 0 Å². The molecular formula is C35H50N4O. The zero-order chi connectivity index (χ0) is 28.8. The van der Waals surface area contributed by atoms with E-state index in [0.29, 0.717) is 24.7 Å². The molecule has 3 aromatic carbocycles. The summed E-state index contributed by atoms with van der Waals surface area (Å²) in [7, 11) is 8.75. The molecule has 216 valence electrons. The number of aryl methyl sites for hydroxylation is 2. The first kappa shape index (κ1) is 30.4. The summed E-state index contributed by atoms with van der Waals surface area (Å²) in [6.45, 7) is 11.3. The Morgan fingerprint density at radius 2 is 1.68 bits per heavy atom. The van der Waals surface area contributed by atoms with Gasteiger partial charge in [0.15, 0.2) is 5.78 Å². The molecule has 0 bridgehead atoms. The van der Waals surface area contributed by atoms with E-state index in [2.05, 4.69) is 111 Å². The first-order valence-electron chi connectivity index (χ1n) is 15.0. The van der Waals surface area contributed by atoms with Crippen LogP contribution in [-0.2, 0) is 6.42 Å². The Morgan fingerprint density at radius 3 is 2.38 bits per heavy atom. The first-order valence-corrected chi connectivity index (χ1v) is 15.0. The van der Waals surface area contributed by atoms with Crippen LogP contribution in [0.15, 0.2) is 60.7 Å². The maximum absolute atomic E-state index is 13.5. The maximum Gasteiger partial charge on any atom is 0.176 e. The van der Waals surface area contributed by atoms with Gasteiger partial charge < -0.3 is 9.80 Å². The summed E-state index contributed by atoms with van der Waals surface area (Å²) in [5.74, 6) is 0.221. The topological polar surface area (TPSA) is 30.0 Å². The van der Waals surface area contributed by atoms with Gasteiger partial charge in [-0.25, -0.2) is 0 Å². The molecule has 5 nitrogen and oxygen atoms in total. The number of carbonyl (C=O) groups excluding carboxylic acids is 1. The molecule has 0 aliphatic carbocycles. The highest BCUT2D eigenvalue weighted by Gasteiger charge is 2.34. The van der Waals surface area contributed by atoms with Crippen molar-refractivity contribution in [1.29, 1.82) is 0 Å². The predicted octanol–water partition coefficient (Wildman–Crippen LogP) is 5.53. The fraction of sp³-hybridized carbons (Fsp3) is 0.514. The van der Waals surface area contributed by atoms with Gasteiger partial charge in [-0.2, -0.15) is 0 Å². The average molecular weight is 543 g/mol. The minimum absolute atomic E-state index is 0.221. The number of ketones is 1. The molecule has 0 N–H and O–H groups in total. The molecule has 1 saturated heterocycles. The lowest BCUT2D eigenvalue weighted by atomic mass is 9.96. The van der Waals surface area contributed by atoms with E-state index in [1.54, 1.807) is 0 Å². The lowest BCUT2D eigenvalue weighted by Crippen LogP contribution is -2.60. The van der Waals surface area contributed by atoms with Crippen molar-refractivity contribution in [3.63, 3.8) is 0 Å². The maximum atomic E-state index is 13.5. The molecule has 0 aromatic heterocycles. The minimum Gasteiger partial charge on any atom is -0.309 e. The van der Waals surface area contributed by atoms with Crippen LogP contribution in [0.2, 0.25) is 0 Å². The molecule has 1 heterocycles. The summed E-state index contributed by atoms with van der Waals surface area (Å²) < 4.78 is 0. The zero-order valence-electron chi connectivity index (χ0n) is 25.9. The van der Waals surface area contributed by atoms with Crippen LogP contribution in [0.1, 0.15) is 46.8 Å². The second-order valence-electron chi connectivity index (χ2n) is 12.6. The Bertz CT molecular complexity index is 1270. The lowest BCUT2D eigenvalue weighted by molar-refractivity contribution is 0.0173. The molecule has 40 heavy (non-hydrogen) atoms. The SMILES string of the molecule is Cc1ccc(C[C@H](CN2C[C@@H](C)N(CC(=O)c3ccc4ccccc4c3)C[C@@H]2CCCN(C)C)N(C)C)c(C)c1. The average Bonchev–Trinajstić information content (AvgIpc) is 2.91. The van der Waals surface area contributed by atoms with Gasteiger partial charge in [0.05, 0.1) is 6.54 Å². The first-order chi connectivity index (χ1) is 19.1. The Balaban J connectivity index is 1.47. The minimum atomic E-state index is 0.221. The number of likely N-dealkylation sites (N-methyl/N-ethyl adjacent to an activating group) is 1. The predicted molar refractivity (Wildman–Crippen MR) is 170 cm³/mol. The molecule has 3 aromatic rings. The number of hydrogen-bond donors (Lipinski definition) is 0. The van der Waals surface area contributed by atoms with E-state index in [1.165, 1.54) is 28.5 Å². The Hall–Kier alpha value is -2.57. The van der Waals surface area contributed by atoms with Crippen LogP contribution in [0.4, 0.5) is 0 Å². The van der Waals surface area contributed by atoms with Crippen LogP contribution in [0.25, 0.3) is 10.8 Å². The van der Waals surface area contributed by atoms with Gasteiger partial charge >= 0.3 is 0 Å². The molecule has 1 aliphatic rings. The summed E-state index contributed by atoms with van der Waals surface area (Å²) in [4.78, 5) is 23.3. The fourth-order valence-corrected chi connectivity index (χ4v) is 6.18. The van der Waals surface area contributed by atoms with Gasteiger partial charge in [-0.05, 0) is 103 Å². The highest BCUT2D eigenvalue weighted by molar-refractivity contribution is 6.01. The van der Waals surface area contributed by atoms with Crippen molar-refractivity contribution in [3.05, 3.63) is 82.9 Å². The summed E-state index contributed by atoms with van der Waals surface area (Å²) in [5, 5.41) is 2.31. The lowest BCUT2D eigenvalue weighted by Gasteiger charge is -2.47. The largest absolute Gasteiger partial charge is 0.309 e. The summed E-state index contributed by atoms with van der Waals surface area (Å²) in [6, 6.07) is 22.5. The number of fused-ring (bicyclic) bond motifs is 1. The number of hydrogen-bond acceptors (Lipinski definition) is 5. The standard InChI is InChI=1S/C35H50N4O/c1-26-14-15-30(27(2)19-26)21-34(37(6)7)24-39-22-28(3)38(23-33(39)13-10-18-36(4)5)25-35(40)32-17-16-29-11-8-9-12-31(29)20-32/h8-9,11-12,14-17,19-20,28,33-34H,10,13,18,21-25H2,1-7H3/t28-,33+,34-/m1/s1. The Kier molecular flexibility index (Phi) is 10.5. The van der Waals surface area contributed by atoms with Crippen LogP contribution in [0, 0.1) is 13.8 Å². The number of Topliss-reactive ketones (excluding diaryl/α,β-unsaturated/α-hetero) is 1. The molecule has 0 amide bonds. The Morgan fingerprint density at radius 1 is 0.925 bits per heavy atom. The molecule has 0 saturated carbocycles. The molecule has 3 atom stereocenters. The van der Waals surface area contributed by atoms with Gasteiger partial charge in [0.1, 0.15) is 0 Å². The quantitative estimate of drug-likeness (QED) is 0.281. The number of benzene rings is 3. The third-order valence-corrected chi connectivity index (χ3v) is 8.77. The van der Waals surface area contributed by atoms with E-state index in [1.807, 2.05) is 18.2 Å². The number of nitrogens with zero attached hydrogens (tertiary/aromatic N) is 4. The number of carbonyl (C=O) groups is 1. The van der Waals surface area contributed by atoms with Crippen molar-refractivity contribution in [3.8, 4) is 0 Å². The van der Waals surface area contributed by atoms with E-state index < -0.39 is 0 Å². The van der Waals surface area contributed by atoms with E-state index in [-0.39, 0.29) is 5.78 Å². The third kappa shape index (κ3) is 8.01. The molecular weight excluding hydrogens is 492 g/mol. The van der Waals surface area contributed by atoms with Crippen LogP contribution in [-0.4, -0.2) is 104 Å². The van der Waals surface area contributed by atoms with Crippen molar-refractivity contribution in [2.75, 3.05) is 60.9 Å². The Labute approximate surface area is 242 Å². The van der Waals surface area contributed by atoms with Crippen LogP contribution >= 0.6 is 0 Å². The van der Waals surface area contributed by atoms with Gasteiger partial charge in [-0.15, -0.1) is 0 Å². The van der Waals surface area contributed by atoms with Crippen molar-refractivity contribution in [2.45, 2.75) is 58.2 Å². The van der Waals surface area contributed by atoms with Gasteiger partial charge in [0, 0.05) is 43.3 Å². The summed E-state index contributed by atoms with van der Waals surface area (Å²) >= 11 is 0. The zero-order valence-corrected chi connectivity index (χ0v) is 25.9. The smallest absolute Gasteiger partial charge is 0.176 e. The van der Waals surface area contributed by atoms with Crippen molar-refractivity contribution in [1.82, 2.24) is 19.6 Å². The second kappa shape index (κ2) is 13.9. The second-order valence-corrected chi connectivity index (χ2v) is 12.6. The van der Waals surface area contributed by atoms with Crippen molar-refractivity contribution >= 4 is 16.6 Å². The monoisotopic (exact) mass is 542 g/mol. The molecule has 1 fully saturated rings. The van der Waals surface area contributed by atoms with Gasteiger partial charge in [0.2, 0.25) is 0 Å². The third-order valence-electron chi connectivity index (χ3n) is 8.77.